The van der Waals surface area contributed by atoms with Crippen molar-refractivity contribution >= 4 is 12.0 Å². The quantitative estimate of drug-likeness (QED) is 0.530. The fourth-order valence-corrected chi connectivity index (χ4v) is 1.01. The van der Waals surface area contributed by atoms with Gasteiger partial charge in [0.25, 0.3) is 0 Å². The van der Waals surface area contributed by atoms with Crippen molar-refractivity contribution in [3.63, 3.8) is 0 Å². The van der Waals surface area contributed by atoms with Gasteiger partial charge < -0.3 is 9.47 Å². The summed E-state index contributed by atoms with van der Waals surface area (Å²) in [6.07, 6.45) is 6.52. The van der Waals surface area contributed by atoms with Crippen LogP contribution < -0.4 is 0 Å². The zero-order valence-electron chi connectivity index (χ0n) is 8.84. The Balaban J connectivity index is 2.52. The third-order valence-electron chi connectivity index (χ3n) is 1.79. The third kappa shape index (κ3) is 3.95. The van der Waals surface area contributed by atoms with Gasteiger partial charge in [-0.1, -0.05) is 0 Å². The van der Waals surface area contributed by atoms with E-state index in [9.17, 15) is 4.79 Å². The average Bonchev–Trinajstić information content (AvgIpc) is 2.71. The van der Waals surface area contributed by atoms with Crippen LogP contribution >= 0.6 is 0 Å². The predicted molar refractivity (Wildman–Crippen MR) is 55.2 cm³/mol. The van der Waals surface area contributed by atoms with E-state index in [-0.39, 0.29) is 5.97 Å². The SMILES string of the molecule is COCCn1cc(/C=C/C(=O)OC)cn1. The summed E-state index contributed by atoms with van der Waals surface area (Å²) in [5, 5.41) is 4.09. The van der Waals surface area contributed by atoms with E-state index in [1.807, 2.05) is 6.20 Å². The Bertz CT molecular complexity index is 344. The van der Waals surface area contributed by atoms with Crippen LogP contribution in [0.2, 0.25) is 0 Å². The molecule has 0 saturated heterocycles. The van der Waals surface area contributed by atoms with E-state index in [1.54, 1.807) is 24.1 Å². The summed E-state index contributed by atoms with van der Waals surface area (Å²) in [4.78, 5) is 10.8. The largest absolute Gasteiger partial charge is 0.466 e. The van der Waals surface area contributed by atoms with Crippen LogP contribution in [-0.4, -0.2) is 36.6 Å². The molecule has 5 heteroatoms. The van der Waals surface area contributed by atoms with E-state index in [4.69, 9.17) is 4.74 Å². The number of methoxy groups -OCH3 is 2. The average molecular weight is 210 g/mol. The molecule has 1 aromatic rings. The van der Waals surface area contributed by atoms with Crippen LogP contribution in [0.25, 0.3) is 6.08 Å². The van der Waals surface area contributed by atoms with Gasteiger partial charge in [-0.05, 0) is 6.08 Å². The summed E-state index contributed by atoms with van der Waals surface area (Å²) in [5.41, 5.74) is 0.858. The van der Waals surface area contributed by atoms with Crippen molar-refractivity contribution < 1.29 is 14.3 Å². The van der Waals surface area contributed by atoms with Gasteiger partial charge in [-0.25, -0.2) is 4.79 Å². The molecular weight excluding hydrogens is 196 g/mol. The van der Waals surface area contributed by atoms with E-state index in [0.29, 0.717) is 13.2 Å². The zero-order chi connectivity index (χ0) is 11.1. The molecule has 0 bridgehead atoms. The van der Waals surface area contributed by atoms with Crippen LogP contribution in [0.1, 0.15) is 5.56 Å². The smallest absolute Gasteiger partial charge is 0.330 e. The van der Waals surface area contributed by atoms with Gasteiger partial charge in [-0.15, -0.1) is 0 Å². The highest BCUT2D eigenvalue weighted by molar-refractivity contribution is 5.86. The summed E-state index contributed by atoms with van der Waals surface area (Å²) in [5.74, 6) is -0.375. The minimum Gasteiger partial charge on any atom is -0.466 e. The summed E-state index contributed by atoms with van der Waals surface area (Å²) >= 11 is 0. The molecule has 1 heterocycles. The van der Waals surface area contributed by atoms with Crippen molar-refractivity contribution in [2.45, 2.75) is 6.54 Å². The van der Waals surface area contributed by atoms with E-state index in [2.05, 4.69) is 9.84 Å². The molecule has 5 nitrogen and oxygen atoms in total. The van der Waals surface area contributed by atoms with Crippen LogP contribution in [-0.2, 0) is 20.8 Å². The van der Waals surface area contributed by atoms with Crippen LogP contribution in [0.15, 0.2) is 18.5 Å². The molecule has 1 aromatic heterocycles. The third-order valence-corrected chi connectivity index (χ3v) is 1.79. The number of aromatic nitrogens is 2. The van der Waals surface area contributed by atoms with E-state index >= 15 is 0 Å². The topological polar surface area (TPSA) is 53.4 Å². The molecule has 0 unspecified atom stereocenters. The Morgan fingerprint density at radius 2 is 2.40 bits per heavy atom. The first kappa shape index (κ1) is 11.5. The lowest BCUT2D eigenvalue weighted by Crippen LogP contribution is -2.03. The van der Waals surface area contributed by atoms with Gasteiger partial charge in [0.05, 0.1) is 26.5 Å². The normalized spacial score (nSPS) is 10.8. The lowest BCUT2D eigenvalue weighted by Gasteiger charge is -1.97. The molecule has 0 fully saturated rings. The van der Waals surface area contributed by atoms with Gasteiger partial charge in [-0.3, -0.25) is 4.68 Å². The molecule has 1 rings (SSSR count). The Hall–Kier alpha value is -1.62. The van der Waals surface area contributed by atoms with E-state index in [0.717, 1.165) is 5.56 Å². The highest BCUT2D eigenvalue weighted by Crippen LogP contribution is 2.00. The number of hydrogen-bond acceptors (Lipinski definition) is 4. The molecule has 0 amide bonds. The van der Waals surface area contributed by atoms with Gasteiger partial charge in [0.2, 0.25) is 0 Å². The van der Waals surface area contributed by atoms with E-state index in [1.165, 1.54) is 13.2 Å². The highest BCUT2D eigenvalue weighted by Gasteiger charge is 1.96. The molecule has 0 aliphatic carbocycles. The zero-order valence-corrected chi connectivity index (χ0v) is 8.84. The second kappa shape index (κ2) is 5.98. The minimum atomic E-state index is -0.375. The van der Waals surface area contributed by atoms with Crippen LogP contribution in [0.5, 0.6) is 0 Å². The number of hydrogen-bond donors (Lipinski definition) is 0. The van der Waals surface area contributed by atoms with Crippen LogP contribution in [0.4, 0.5) is 0 Å². The molecule has 0 spiro atoms. The van der Waals surface area contributed by atoms with Crippen LogP contribution in [0, 0.1) is 0 Å². The maximum absolute atomic E-state index is 10.8. The fourth-order valence-electron chi connectivity index (χ4n) is 1.01. The van der Waals surface area contributed by atoms with Crippen molar-refractivity contribution in [1.82, 2.24) is 9.78 Å². The van der Waals surface area contributed by atoms with Crippen molar-refractivity contribution in [3.05, 3.63) is 24.0 Å². The molecule has 0 aliphatic rings. The minimum absolute atomic E-state index is 0.375. The molecule has 0 N–H and O–H groups in total. The number of rotatable bonds is 5. The number of carbonyl (C=O) groups is 1. The summed E-state index contributed by atoms with van der Waals surface area (Å²) in [7, 11) is 2.98. The lowest BCUT2D eigenvalue weighted by atomic mass is 10.3. The first-order valence-corrected chi connectivity index (χ1v) is 4.53. The lowest BCUT2D eigenvalue weighted by molar-refractivity contribution is -0.134. The molecule has 0 aliphatic heterocycles. The standard InChI is InChI=1S/C10H14N2O3/c1-14-6-5-12-8-9(7-11-12)3-4-10(13)15-2/h3-4,7-8H,5-6H2,1-2H3/b4-3+. The van der Waals surface area contributed by atoms with Crippen molar-refractivity contribution in [1.29, 1.82) is 0 Å². The van der Waals surface area contributed by atoms with Gasteiger partial charge in [0, 0.05) is 24.9 Å². The Morgan fingerprint density at radius 3 is 3.07 bits per heavy atom. The first-order chi connectivity index (χ1) is 7.26. The summed E-state index contributed by atoms with van der Waals surface area (Å²) < 4.78 is 11.1. The Kier molecular flexibility index (Phi) is 4.56. The fraction of sp³-hybridized carbons (Fsp3) is 0.400. The van der Waals surface area contributed by atoms with Gasteiger partial charge in [0.15, 0.2) is 0 Å². The summed E-state index contributed by atoms with van der Waals surface area (Å²) in [6, 6.07) is 0. The highest BCUT2D eigenvalue weighted by atomic mass is 16.5. The molecule has 0 atom stereocenters. The van der Waals surface area contributed by atoms with Crippen molar-refractivity contribution in [2.24, 2.45) is 0 Å². The molecule has 0 saturated carbocycles. The van der Waals surface area contributed by atoms with Gasteiger partial charge >= 0.3 is 5.97 Å². The maximum Gasteiger partial charge on any atom is 0.330 e. The molecule has 0 aromatic carbocycles. The second-order valence-electron chi connectivity index (χ2n) is 2.89. The van der Waals surface area contributed by atoms with Crippen molar-refractivity contribution in [3.8, 4) is 0 Å². The van der Waals surface area contributed by atoms with E-state index < -0.39 is 0 Å². The van der Waals surface area contributed by atoms with Crippen molar-refractivity contribution in [2.75, 3.05) is 20.8 Å². The molecule has 0 radical (unpaired) electrons. The predicted octanol–water partition coefficient (Wildman–Crippen LogP) is 0.716. The molecule has 15 heavy (non-hydrogen) atoms. The van der Waals surface area contributed by atoms with Gasteiger partial charge in [0.1, 0.15) is 0 Å². The maximum atomic E-state index is 10.8. The Labute approximate surface area is 88.3 Å². The number of ether oxygens (including phenoxy) is 2. The number of esters is 1. The Morgan fingerprint density at radius 1 is 1.60 bits per heavy atom. The monoisotopic (exact) mass is 210 g/mol. The van der Waals surface area contributed by atoms with Gasteiger partial charge in [-0.2, -0.15) is 5.10 Å². The first-order valence-electron chi connectivity index (χ1n) is 4.53. The number of nitrogens with zero attached hydrogens (tertiary/aromatic N) is 2. The number of carbonyl (C=O) groups excluding carboxylic acids is 1. The summed E-state index contributed by atoms with van der Waals surface area (Å²) in [6.45, 7) is 1.31. The second-order valence-corrected chi connectivity index (χ2v) is 2.89. The molecule has 82 valence electrons. The van der Waals surface area contributed by atoms with Crippen LogP contribution in [0.3, 0.4) is 0 Å². The molecular formula is C10H14N2O3.